The van der Waals surface area contributed by atoms with Crippen LogP contribution in [0.3, 0.4) is 0 Å². The largest absolute Gasteiger partial charge is 0.509 e. The Morgan fingerprint density at radius 3 is 2.41 bits per heavy atom. The quantitative estimate of drug-likeness (QED) is 0.144. The van der Waals surface area contributed by atoms with Crippen molar-refractivity contribution in [2.75, 3.05) is 25.0 Å². The fraction of sp³-hybridized carbons (Fsp3) is 0.464. The second-order valence-electron chi connectivity index (χ2n) is 10.6. The summed E-state index contributed by atoms with van der Waals surface area (Å²) in [4.78, 5) is 38.1. The molecule has 0 spiro atoms. The molecule has 202 valence electrons. The number of rotatable bonds is 10. The fourth-order valence-electron chi connectivity index (χ4n) is 3.41. The molecular formula is C28H38N2O7. The molecule has 1 aromatic rings. The molecule has 0 bridgehead atoms. The van der Waals surface area contributed by atoms with Crippen molar-refractivity contribution in [1.82, 2.24) is 4.90 Å². The maximum Gasteiger partial charge on any atom is 0.509 e. The number of hydrogen-bond acceptors (Lipinski definition) is 8. The highest BCUT2D eigenvalue weighted by molar-refractivity contribution is 6.02. The minimum absolute atomic E-state index is 0.0458. The number of ether oxygens (including phenoxy) is 3. The second kappa shape index (κ2) is 13.0. The fourth-order valence-corrected chi connectivity index (χ4v) is 3.41. The Hall–Kier alpha value is -3.75. The number of amides is 1. The summed E-state index contributed by atoms with van der Waals surface area (Å²) in [5.74, 6) is -1.66. The summed E-state index contributed by atoms with van der Waals surface area (Å²) in [5, 5.41) is 12.9. The lowest BCUT2D eigenvalue weighted by molar-refractivity contribution is -0.153. The van der Waals surface area contributed by atoms with Gasteiger partial charge < -0.3 is 29.5 Å². The lowest BCUT2D eigenvalue weighted by Gasteiger charge is -2.20. The number of hydrogen-bond donors (Lipinski definition) is 2. The molecule has 0 radical (unpaired) electrons. The third kappa shape index (κ3) is 10.8. The van der Waals surface area contributed by atoms with E-state index < -0.39 is 29.1 Å². The summed E-state index contributed by atoms with van der Waals surface area (Å²) in [7, 11) is 0. The molecular weight excluding hydrogens is 476 g/mol. The number of aliphatic hydroxyl groups is 1. The number of nitrogens with zero attached hydrogens (tertiary/aromatic N) is 1. The van der Waals surface area contributed by atoms with Crippen LogP contribution in [0.2, 0.25) is 0 Å². The lowest BCUT2D eigenvalue weighted by atomic mass is 9.97. The average molecular weight is 515 g/mol. The van der Waals surface area contributed by atoms with Gasteiger partial charge in [0.2, 0.25) is 11.7 Å². The molecule has 2 rings (SSSR count). The molecule has 1 amide bonds. The maximum atomic E-state index is 12.5. The molecule has 1 atom stereocenters. The van der Waals surface area contributed by atoms with Gasteiger partial charge >= 0.3 is 12.1 Å². The van der Waals surface area contributed by atoms with E-state index >= 15 is 0 Å². The van der Waals surface area contributed by atoms with Crippen molar-refractivity contribution in [3.8, 4) is 0 Å². The first-order valence-corrected chi connectivity index (χ1v) is 12.2. The van der Waals surface area contributed by atoms with Gasteiger partial charge in [-0.3, -0.25) is 4.79 Å². The number of carbonyl (C=O) groups is 3. The van der Waals surface area contributed by atoms with Crippen LogP contribution in [0, 0.1) is 0 Å². The van der Waals surface area contributed by atoms with Gasteiger partial charge in [0.05, 0.1) is 5.92 Å². The predicted molar refractivity (Wildman–Crippen MR) is 141 cm³/mol. The Bertz CT molecular complexity index is 1050. The van der Waals surface area contributed by atoms with Gasteiger partial charge in [-0.2, -0.15) is 0 Å². The van der Waals surface area contributed by atoms with Gasteiger partial charge in [0, 0.05) is 18.8 Å². The molecule has 0 aliphatic carbocycles. The molecule has 9 heteroatoms. The normalized spacial score (nSPS) is 16.0. The van der Waals surface area contributed by atoms with E-state index in [1.54, 1.807) is 53.8 Å². The van der Waals surface area contributed by atoms with E-state index in [2.05, 4.69) is 5.32 Å². The number of aliphatic hydroxyl groups excluding tert-OH is 1. The Morgan fingerprint density at radius 1 is 1.05 bits per heavy atom. The van der Waals surface area contributed by atoms with E-state index in [0.717, 1.165) is 11.3 Å². The number of esters is 1. The molecule has 37 heavy (non-hydrogen) atoms. The van der Waals surface area contributed by atoms with Gasteiger partial charge in [-0.25, -0.2) is 9.59 Å². The van der Waals surface area contributed by atoms with E-state index in [4.69, 9.17) is 14.2 Å². The number of carbonyl (C=O) groups excluding carboxylic acids is 3. The number of benzene rings is 1. The van der Waals surface area contributed by atoms with Crippen LogP contribution in [-0.4, -0.2) is 58.9 Å². The van der Waals surface area contributed by atoms with Gasteiger partial charge in [-0.15, -0.1) is 0 Å². The number of anilines is 1. The topological polar surface area (TPSA) is 114 Å². The van der Waals surface area contributed by atoms with Crippen molar-refractivity contribution in [3.63, 3.8) is 0 Å². The Labute approximate surface area is 218 Å². The maximum absolute atomic E-state index is 12.5. The molecule has 1 heterocycles. The van der Waals surface area contributed by atoms with Crippen LogP contribution in [0.5, 0.6) is 0 Å². The highest BCUT2D eigenvalue weighted by Gasteiger charge is 2.29. The number of fused-ring (bicyclic) bond motifs is 1. The van der Waals surface area contributed by atoms with Crippen LogP contribution in [-0.2, 0) is 23.8 Å². The Kier molecular flexibility index (Phi) is 10.3. The van der Waals surface area contributed by atoms with Crippen molar-refractivity contribution in [1.29, 1.82) is 0 Å². The molecule has 0 saturated carbocycles. The van der Waals surface area contributed by atoms with Gasteiger partial charge in [0.15, 0.2) is 0 Å². The summed E-state index contributed by atoms with van der Waals surface area (Å²) in [6.07, 6.45) is 7.81. The molecule has 0 saturated heterocycles. The first kappa shape index (κ1) is 29.5. The first-order chi connectivity index (χ1) is 17.2. The predicted octanol–water partition coefficient (Wildman–Crippen LogP) is 5.22. The van der Waals surface area contributed by atoms with Crippen molar-refractivity contribution < 1.29 is 33.7 Å². The van der Waals surface area contributed by atoms with Crippen molar-refractivity contribution in [2.45, 2.75) is 65.1 Å². The molecule has 0 aromatic heterocycles. The molecule has 1 aromatic carbocycles. The molecule has 1 unspecified atom stereocenters. The van der Waals surface area contributed by atoms with E-state index in [1.807, 2.05) is 35.2 Å². The van der Waals surface area contributed by atoms with Crippen LogP contribution in [0.15, 0.2) is 60.5 Å². The smallest absolute Gasteiger partial charge is 0.502 e. The van der Waals surface area contributed by atoms with Crippen molar-refractivity contribution >= 4 is 23.7 Å². The third-order valence-corrected chi connectivity index (χ3v) is 4.97. The molecule has 0 fully saturated rings. The zero-order chi connectivity index (χ0) is 27.6. The standard InChI is InChI=1S/C28H38N2O7/c1-27(2,3)36-25(33)23(31)14-11-17-30(16-9-10-19-35-26(34)37-28(4,5)6)18-15-21-20-12-7-8-13-22(20)29-24(21)32/h7-14,17,21,31H,15-16,18-19H2,1-6H3,(H,29,32)/b10-9+,17-11+,23-14-. The Balaban J connectivity index is 2.02. The minimum Gasteiger partial charge on any atom is -0.502 e. The Morgan fingerprint density at radius 2 is 1.73 bits per heavy atom. The SMILES string of the molecule is CC(C)(C)OC(=O)OC/C=C/CN(/C=C/C=C(\O)C(=O)OC(C)(C)C)CCC1C(=O)Nc2ccccc21. The van der Waals surface area contributed by atoms with Crippen molar-refractivity contribution in [3.05, 3.63) is 66.1 Å². The number of nitrogens with one attached hydrogen (secondary N) is 1. The zero-order valence-electron chi connectivity index (χ0n) is 22.4. The summed E-state index contributed by atoms with van der Waals surface area (Å²) in [6.45, 7) is 11.4. The second-order valence-corrected chi connectivity index (χ2v) is 10.6. The summed E-state index contributed by atoms with van der Waals surface area (Å²) >= 11 is 0. The first-order valence-electron chi connectivity index (χ1n) is 12.2. The van der Waals surface area contributed by atoms with Crippen LogP contribution < -0.4 is 5.32 Å². The average Bonchev–Trinajstić information content (AvgIpc) is 3.09. The molecule has 1 aliphatic heterocycles. The van der Waals surface area contributed by atoms with Gasteiger partial charge in [0.1, 0.15) is 17.8 Å². The van der Waals surface area contributed by atoms with Crippen molar-refractivity contribution in [2.24, 2.45) is 0 Å². The van der Waals surface area contributed by atoms with Crippen LogP contribution in [0.25, 0.3) is 0 Å². The van der Waals surface area contributed by atoms with Crippen LogP contribution >= 0.6 is 0 Å². The highest BCUT2D eigenvalue weighted by atomic mass is 16.7. The van der Waals surface area contributed by atoms with E-state index in [-0.39, 0.29) is 18.4 Å². The highest BCUT2D eigenvalue weighted by Crippen LogP contribution is 2.34. The van der Waals surface area contributed by atoms with Gasteiger partial charge in [-0.05, 0) is 84.0 Å². The lowest BCUT2D eigenvalue weighted by Crippen LogP contribution is -2.25. The summed E-state index contributed by atoms with van der Waals surface area (Å²) in [5.41, 5.74) is 0.425. The van der Waals surface area contributed by atoms with E-state index in [1.165, 1.54) is 12.2 Å². The molecule has 1 aliphatic rings. The summed E-state index contributed by atoms with van der Waals surface area (Å²) < 4.78 is 15.3. The van der Waals surface area contributed by atoms with Crippen LogP contribution in [0.1, 0.15) is 59.4 Å². The number of allylic oxidation sites excluding steroid dienone is 2. The molecule has 2 N–H and O–H groups in total. The van der Waals surface area contributed by atoms with E-state index in [9.17, 15) is 19.5 Å². The molecule has 9 nitrogen and oxygen atoms in total. The monoisotopic (exact) mass is 514 g/mol. The van der Waals surface area contributed by atoms with Crippen LogP contribution in [0.4, 0.5) is 10.5 Å². The number of para-hydroxylation sites is 1. The minimum atomic E-state index is -0.817. The summed E-state index contributed by atoms with van der Waals surface area (Å²) in [6, 6.07) is 7.60. The van der Waals surface area contributed by atoms with Gasteiger partial charge in [-0.1, -0.05) is 24.3 Å². The van der Waals surface area contributed by atoms with E-state index in [0.29, 0.717) is 19.5 Å². The third-order valence-electron chi connectivity index (χ3n) is 4.97. The van der Waals surface area contributed by atoms with Gasteiger partial charge in [0.25, 0.3) is 0 Å². The zero-order valence-corrected chi connectivity index (χ0v) is 22.4.